The van der Waals surface area contributed by atoms with Gasteiger partial charge in [-0.1, -0.05) is 42.5 Å². The predicted octanol–water partition coefficient (Wildman–Crippen LogP) is 3.68. The van der Waals surface area contributed by atoms with Gasteiger partial charge in [-0.3, -0.25) is 0 Å². The molecule has 2 atom stereocenters. The van der Waals surface area contributed by atoms with Crippen molar-refractivity contribution in [1.82, 2.24) is 0 Å². The standard InChI is InChI=1S/C13H18Cl2N2O/c14-9-6-8(16)7-10(15)13(9)17-11-4-2-1-3-5-12(11)18/h6-7,11-12,17-18H,1-5,16H2. The largest absolute Gasteiger partial charge is 0.399 e. The lowest BCUT2D eigenvalue weighted by Crippen LogP contribution is -2.32. The summed E-state index contributed by atoms with van der Waals surface area (Å²) >= 11 is 12.3. The van der Waals surface area contributed by atoms with E-state index in [1.165, 1.54) is 6.42 Å². The normalized spacial score (nSPS) is 24.6. The van der Waals surface area contributed by atoms with Crippen molar-refractivity contribution < 1.29 is 5.11 Å². The SMILES string of the molecule is Nc1cc(Cl)c(NC2CCCCCC2O)c(Cl)c1. The van der Waals surface area contributed by atoms with Crippen LogP contribution >= 0.6 is 23.2 Å². The average molecular weight is 289 g/mol. The van der Waals surface area contributed by atoms with Gasteiger partial charge in [-0.25, -0.2) is 0 Å². The van der Waals surface area contributed by atoms with E-state index < -0.39 is 0 Å². The van der Waals surface area contributed by atoms with E-state index in [1.54, 1.807) is 12.1 Å². The molecule has 0 amide bonds. The zero-order valence-corrected chi connectivity index (χ0v) is 11.6. The van der Waals surface area contributed by atoms with Crippen molar-refractivity contribution in [2.45, 2.75) is 44.2 Å². The number of nitrogen functional groups attached to an aromatic ring is 1. The van der Waals surface area contributed by atoms with Crippen LogP contribution in [-0.4, -0.2) is 17.3 Å². The topological polar surface area (TPSA) is 58.3 Å². The quantitative estimate of drug-likeness (QED) is 0.575. The molecule has 0 aromatic heterocycles. The van der Waals surface area contributed by atoms with E-state index >= 15 is 0 Å². The third kappa shape index (κ3) is 3.22. The van der Waals surface area contributed by atoms with E-state index in [0.717, 1.165) is 25.7 Å². The van der Waals surface area contributed by atoms with Crippen molar-refractivity contribution in [1.29, 1.82) is 0 Å². The molecule has 1 fully saturated rings. The number of benzene rings is 1. The van der Waals surface area contributed by atoms with Crippen LogP contribution in [0.2, 0.25) is 10.0 Å². The van der Waals surface area contributed by atoms with Crippen LogP contribution in [0.1, 0.15) is 32.1 Å². The van der Waals surface area contributed by atoms with Crippen molar-refractivity contribution in [3.05, 3.63) is 22.2 Å². The Hall–Kier alpha value is -0.640. The number of aliphatic hydroxyl groups excluding tert-OH is 1. The number of aliphatic hydroxyl groups is 1. The van der Waals surface area contributed by atoms with Crippen LogP contribution in [0.25, 0.3) is 0 Å². The van der Waals surface area contributed by atoms with E-state index in [9.17, 15) is 5.11 Å². The van der Waals surface area contributed by atoms with Gasteiger partial charge in [0, 0.05) is 5.69 Å². The maximum absolute atomic E-state index is 10.1. The molecule has 3 nitrogen and oxygen atoms in total. The Labute approximate surface area is 117 Å². The molecular weight excluding hydrogens is 271 g/mol. The maximum atomic E-state index is 10.1. The van der Waals surface area contributed by atoms with Crippen LogP contribution in [0.3, 0.4) is 0 Å². The van der Waals surface area contributed by atoms with Crippen LogP contribution in [0.4, 0.5) is 11.4 Å². The van der Waals surface area contributed by atoms with Gasteiger partial charge in [0.2, 0.25) is 0 Å². The van der Waals surface area contributed by atoms with Crippen LogP contribution in [0.15, 0.2) is 12.1 Å². The minimum Gasteiger partial charge on any atom is -0.399 e. The fourth-order valence-corrected chi connectivity index (χ4v) is 2.99. The zero-order chi connectivity index (χ0) is 13.1. The highest BCUT2D eigenvalue weighted by Crippen LogP contribution is 2.34. The number of nitrogens with two attached hydrogens (primary N) is 1. The maximum Gasteiger partial charge on any atom is 0.0741 e. The number of rotatable bonds is 2. The van der Waals surface area contributed by atoms with Crippen molar-refractivity contribution in [3.63, 3.8) is 0 Å². The van der Waals surface area contributed by atoms with Gasteiger partial charge in [-0.2, -0.15) is 0 Å². The van der Waals surface area contributed by atoms with Gasteiger partial charge in [-0.15, -0.1) is 0 Å². The third-order valence-electron chi connectivity index (χ3n) is 3.37. The summed E-state index contributed by atoms with van der Waals surface area (Å²) in [5.74, 6) is 0. The molecule has 0 aliphatic heterocycles. The Morgan fingerprint density at radius 2 is 1.72 bits per heavy atom. The van der Waals surface area contributed by atoms with E-state index in [0.29, 0.717) is 21.4 Å². The Bertz CT molecular complexity index is 402. The number of hydrogen-bond acceptors (Lipinski definition) is 3. The first-order valence-electron chi connectivity index (χ1n) is 6.27. The van der Waals surface area contributed by atoms with E-state index in [1.807, 2.05) is 0 Å². The molecule has 0 bridgehead atoms. The van der Waals surface area contributed by atoms with E-state index in [2.05, 4.69) is 5.32 Å². The van der Waals surface area contributed by atoms with Crippen molar-refractivity contribution in [2.75, 3.05) is 11.1 Å². The second-order valence-electron chi connectivity index (χ2n) is 4.82. The van der Waals surface area contributed by atoms with Crippen LogP contribution < -0.4 is 11.1 Å². The number of anilines is 2. The Balaban J connectivity index is 2.17. The summed E-state index contributed by atoms with van der Waals surface area (Å²) in [5.41, 5.74) is 6.87. The zero-order valence-electron chi connectivity index (χ0n) is 10.1. The molecule has 18 heavy (non-hydrogen) atoms. The highest BCUT2D eigenvalue weighted by atomic mass is 35.5. The fraction of sp³-hybridized carbons (Fsp3) is 0.538. The second kappa shape index (κ2) is 6.00. The van der Waals surface area contributed by atoms with Crippen LogP contribution in [0.5, 0.6) is 0 Å². The van der Waals surface area contributed by atoms with E-state index in [4.69, 9.17) is 28.9 Å². The second-order valence-corrected chi connectivity index (χ2v) is 5.63. The molecule has 4 N–H and O–H groups in total. The van der Waals surface area contributed by atoms with Crippen molar-refractivity contribution in [3.8, 4) is 0 Å². The first-order valence-corrected chi connectivity index (χ1v) is 7.02. The van der Waals surface area contributed by atoms with Crippen LogP contribution in [-0.2, 0) is 0 Å². The minimum absolute atomic E-state index is 0.00567. The number of hydrogen-bond donors (Lipinski definition) is 3. The molecule has 2 rings (SSSR count). The highest BCUT2D eigenvalue weighted by molar-refractivity contribution is 6.39. The monoisotopic (exact) mass is 288 g/mol. The Morgan fingerprint density at radius 1 is 1.11 bits per heavy atom. The summed E-state index contributed by atoms with van der Waals surface area (Å²) in [7, 11) is 0. The molecule has 100 valence electrons. The summed E-state index contributed by atoms with van der Waals surface area (Å²) in [6, 6.07) is 3.34. The highest BCUT2D eigenvalue weighted by Gasteiger charge is 2.23. The summed E-state index contributed by atoms with van der Waals surface area (Å²) in [5, 5.41) is 14.3. The Kier molecular flexibility index (Phi) is 4.60. The predicted molar refractivity (Wildman–Crippen MR) is 77.4 cm³/mol. The summed E-state index contributed by atoms with van der Waals surface area (Å²) in [6.45, 7) is 0. The molecule has 0 saturated heterocycles. The molecule has 1 aromatic rings. The average Bonchev–Trinajstić information content (AvgIpc) is 2.49. The molecule has 2 unspecified atom stereocenters. The van der Waals surface area contributed by atoms with E-state index in [-0.39, 0.29) is 12.1 Å². The van der Waals surface area contributed by atoms with Gasteiger partial charge in [0.15, 0.2) is 0 Å². The van der Waals surface area contributed by atoms with Gasteiger partial charge >= 0.3 is 0 Å². The van der Waals surface area contributed by atoms with Crippen LogP contribution in [0, 0.1) is 0 Å². The molecule has 1 saturated carbocycles. The van der Waals surface area contributed by atoms with Gasteiger partial charge in [0.05, 0.1) is 27.9 Å². The molecule has 0 radical (unpaired) electrons. The Morgan fingerprint density at radius 3 is 2.39 bits per heavy atom. The number of halogens is 2. The molecular formula is C13H18Cl2N2O. The van der Waals surface area contributed by atoms with Crippen molar-refractivity contribution in [2.24, 2.45) is 0 Å². The molecule has 1 aliphatic rings. The van der Waals surface area contributed by atoms with Crippen molar-refractivity contribution >= 4 is 34.6 Å². The summed E-state index contributed by atoms with van der Waals surface area (Å²) in [6.07, 6.45) is 4.75. The molecule has 5 heteroatoms. The smallest absolute Gasteiger partial charge is 0.0741 e. The first-order chi connectivity index (χ1) is 8.58. The summed E-state index contributed by atoms with van der Waals surface area (Å²) < 4.78 is 0. The van der Waals surface area contributed by atoms with Gasteiger partial charge < -0.3 is 16.2 Å². The molecule has 1 aromatic carbocycles. The summed E-state index contributed by atoms with van der Waals surface area (Å²) in [4.78, 5) is 0. The number of nitrogens with one attached hydrogen (secondary N) is 1. The van der Waals surface area contributed by atoms with Gasteiger partial charge in [0.1, 0.15) is 0 Å². The molecule has 1 aliphatic carbocycles. The molecule has 0 heterocycles. The lowest BCUT2D eigenvalue weighted by atomic mass is 10.1. The van der Waals surface area contributed by atoms with Gasteiger partial charge in [0.25, 0.3) is 0 Å². The fourth-order valence-electron chi connectivity index (χ4n) is 2.37. The lowest BCUT2D eigenvalue weighted by Gasteiger charge is -2.24. The lowest BCUT2D eigenvalue weighted by molar-refractivity contribution is 0.144. The first kappa shape index (κ1) is 13.8. The molecule has 0 spiro atoms. The van der Waals surface area contributed by atoms with Gasteiger partial charge in [-0.05, 0) is 25.0 Å². The minimum atomic E-state index is -0.350. The third-order valence-corrected chi connectivity index (χ3v) is 3.97.